The largest absolute Gasteiger partial charge is 0.366 e. The fourth-order valence-corrected chi connectivity index (χ4v) is 1.85. The molecule has 1 aromatic rings. The van der Waals surface area contributed by atoms with Crippen LogP contribution in [0.1, 0.15) is 18.4 Å². The third-order valence-corrected chi connectivity index (χ3v) is 3.04. The molecule has 1 fully saturated rings. The van der Waals surface area contributed by atoms with Crippen molar-refractivity contribution in [2.45, 2.75) is 25.8 Å². The van der Waals surface area contributed by atoms with Crippen molar-refractivity contribution < 1.29 is 4.92 Å². The number of aryl methyl sites for hydroxylation is 1. The van der Waals surface area contributed by atoms with Crippen LogP contribution in [-0.2, 0) is 0 Å². The lowest BCUT2D eigenvalue weighted by atomic mass is 10.1. The van der Waals surface area contributed by atoms with Crippen LogP contribution in [0.4, 0.5) is 11.5 Å². The van der Waals surface area contributed by atoms with E-state index in [-0.39, 0.29) is 11.7 Å². The van der Waals surface area contributed by atoms with E-state index in [4.69, 9.17) is 5.73 Å². The number of anilines is 1. The van der Waals surface area contributed by atoms with Crippen molar-refractivity contribution in [2.75, 3.05) is 11.9 Å². The maximum Gasteiger partial charge on any atom is 0.287 e. The highest BCUT2D eigenvalue weighted by Crippen LogP contribution is 2.34. The average molecular weight is 236 g/mol. The Bertz CT molecular complexity index is 431. The minimum Gasteiger partial charge on any atom is -0.366 e. The molecule has 0 amide bonds. The lowest BCUT2D eigenvalue weighted by molar-refractivity contribution is -0.385. The van der Waals surface area contributed by atoms with Crippen molar-refractivity contribution in [1.82, 2.24) is 4.98 Å². The Labute approximate surface area is 99.4 Å². The Morgan fingerprint density at radius 3 is 2.88 bits per heavy atom. The molecule has 1 aliphatic carbocycles. The molecule has 1 aromatic heterocycles. The molecule has 1 aliphatic rings. The third-order valence-electron chi connectivity index (χ3n) is 3.04. The van der Waals surface area contributed by atoms with Gasteiger partial charge in [0.05, 0.1) is 4.92 Å². The Morgan fingerprint density at radius 2 is 2.41 bits per heavy atom. The van der Waals surface area contributed by atoms with Gasteiger partial charge in [0.2, 0.25) is 0 Å². The van der Waals surface area contributed by atoms with Crippen molar-refractivity contribution in [3.05, 3.63) is 27.9 Å². The summed E-state index contributed by atoms with van der Waals surface area (Å²) >= 11 is 0. The summed E-state index contributed by atoms with van der Waals surface area (Å²) < 4.78 is 0. The number of rotatable bonds is 5. The summed E-state index contributed by atoms with van der Waals surface area (Å²) in [6.45, 7) is 2.37. The second-order valence-electron chi connectivity index (χ2n) is 4.44. The highest BCUT2D eigenvalue weighted by molar-refractivity contribution is 5.49. The van der Waals surface area contributed by atoms with E-state index in [9.17, 15) is 10.1 Å². The fraction of sp³-hybridized carbons (Fsp3) is 0.545. The van der Waals surface area contributed by atoms with Gasteiger partial charge in [-0.05, 0) is 31.2 Å². The first-order chi connectivity index (χ1) is 8.11. The van der Waals surface area contributed by atoms with Crippen LogP contribution in [0.5, 0.6) is 0 Å². The summed E-state index contributed by atoms with van der Waals surface area (Å²) in [6.07, 6.45) is 3.66. The van der Waals surface area contributed by atoms with Gasteiger partial charge in [-0.2, -0.15) is 0 Å². The summed E-state index contributed by atoms with van der Waals surface area (Å²) in [5, 5.41) is 13.9. The average Bonchev–Trinajstić information content (AvgIpc) is 3.11. The van der Waals surface area contributed by atoms with E-state index >= 15 is 0 Å². The van der Waals surface area contributed by atoms with Gasteiger partial charge in [0.1, 0.15) is 12.0 Å². The van der Waals surface area contributed by atoms with E-state index in [1.165, 1.54) is 25.1 Å². The summed E-state index contributed by atoms with van der Waals surface area (Å²) in [4.78, 5) is 14.2. The summed E-state index contributed by atoms with van der Waals surface area (Å²) in [5.74, 6) is 1.31. The lowest BCUT2D eigenvalue weighted by Gasteiger charge is -2.17. The van der Waals surface area contributed by atoms with E-state index in [0.717, 1.165) is 5.56 Å². The normalized spacial score (nSPS) is 16.6. The molecule has 0 aromatic carbocycles. The van der Waals surface area contributed by atoms with Crippen LogP contribution in [0, 0.1) is 23.0 Å². The number of nitrogens with zero attached hydrogens (tertiary/aromatic N) is 2. The molecular weight excluding hydrogens is 220 g/mol. The topological polar surface area (TPSA) is 94.1 Å². The smallest absolute Gasteiger partial charge is 0.287 e. The maximum atomic E-state index is 10.6. The Kier molecular flexibility index (Phi) is 3.23. The van der Waals surface area contributed by atoms with Crippen LogP contribution in [0.25, 0.3) is 0 Å². The number of hydrogen-bond acceptors (Lipinski definition) is 5. The van der Waals surface area contributed by atoms with E-state index < -0.39 is 4.92 Å². The summed E-state index contributed by atoms with van der Waals surface area (Å²) in [5.41, 5.74) is 6.48. The second kappa shape index (κ2) is 4.67. The third kappa shape index (κ3) is 2.71. The molecule has 0 radical (unpaired) electrons. The predicted molar refractivity (Wildman–Crippen MR) is 64.8 cm³/mol. The van der Waals surface area contributed by atoms with Gasteiger partial charge in [-0.15, -0.1) is 0 Å². The standard InChI is InChI=1S/C11H16N4O2/c1-7-4-9(15(16)17)6-13-11(7)14-10(5-12)8-2-3-8/h4,6,8,10H,2-3,5,12H2,1H3,(H,13,14). The number of aromatic nitrogens is 1. The van der Waals surface area contributed by atoms with Gasteiger partial charge in [-0.1, -0.05) is 0 Å². The molecule has 1 heterocycles. The predicted octanol–water partition coefficient (Wildman–Crippen LogP) is 1.45. The number of nitro groups is 1. The van der Waals surface area contributed by atoms with Crippen LogP contribution < -0.4 is 11.1 Å². The van der Waals surface area contributed by atoms with Crippen LogP contribution in [0.15, 0.2) is 12.3 Å². The molecule has 17 heavy (non-hydrogen) atoms. The molecule has 1 atom stereocenters. The minimum atomic E-state index is -0.439. The SMILES string of the molecule is Cc1cc([N+](=O)[O-])cnc1NC(CN)C1CC1. The number of nitrogens with two attached hydrogens (primary N) is 1. The van der Waals surface area contributed by atoms with Gasteiger partial charge < -0.3 is 11.1 Å². The van der Waals surface area contributed by atoms with E-state index in [1.54, 1.807) is 0 Å². The quantitative estimate of drug-likeness (QED) is 0.596. The molecule has 92 valence electrons. The zero-order valence-electron chi connectivity index (χ0n) is 9.72. The van der Waals surface area contributed by atoms with E-state index in [1.807, 2.05) is 6.92 Å². The minimum absolute atomic E-state index is 0.0174. The first kappa shape index (κ1) is 11.8. The van der Waals surface area contributed by atoms with Crippen LogP contribution in [0.3, 0.4) is 0 Å². The molecule has 6 nitrogen and oxygen atoms in total. The molecular formula is C11H16N4O2. The highest BCUT2D eigenvalue weighted by Gasteiger charge is 2.30. The number of pyridine rings is 1. The molecule has 0 saturated heterocycles. The van der Waals surface area contributed by atoms with Gasteiger partial charge in [-0.25, -0.2) is 4.98 Å². The summed E-state index contributed by atoms with van der Waals surface area (Å²) in [6, 6.07) is 1.75. The van der Waals surface area contributed by atoms with Crippen LogP contribution in [0.2, 0.25) is 0 Å². The number of hydrogen-bond donors (Lipinski definition) is 2. The van der Waals surface area contributed by atoms with Crippen LogP contribution in [-0.4, -0.2) is 22.5 Å². The zero-order valence-corrected chi connectivity index (χ0v) is 9.72. The number of nitrogens with one attached hydrogen (secondary N) is 1. The van der Waals surface area contributed by atoms with Crippen molar-refractivity contribution in [3.8, 4) is 0 Å². The van der Waals surface area contributed by atoms with Crippen LogP contribution >= 0.6 is 0 Å². The van der Waals surface area contributed by atoms with Crippen molar-refractivity contribution in [1.29, 1.82) is 0 Å². The molecule has 1 saturated carbocycles. The van der Waals surface area contributed by atoms with Gasteiger partial charge >= 0.3 is 0 Å². The molecule has 0 bridgehead atoms. The monoisotopic (exact) mass is 236 g/mol. The Morgan fingerprint density at radius 1 is 1.71 bits per heavy atom. The van der Waals surface area contributed by atoms with Crippen molar-refractivity contribution in [3.63, 3.8) is 0 Å². The van der Waals surface area contributed by atoms with Gasteiger partial charge in [0.25, 0.3) is 5.69 Å². The first-order valence-electron chi connectivity index (χ1n) is 5.69. The lowest BCUT2D eigenvalue weighted by Crippen LogP contribution is -2.31. The second-order valence-corrected chi connectivity index (χ2v) is 4.44. The van der Waals surface area contributed by atoms with E-state index in [2.05, 4.69) is 10.3 Å². The molecule has 3 N–H and O–H groups in total. The maximum absolute atomic E-state index is 10.6. The molecule has 0 spiro atoms. The molecule has 1 unspecified atom stereocenters. The van der Waals surface area contributed by atoms with Crippen molar-refractivity contribution >= 4 is 11.5 Å². The van der Waals surface area contributed by atoms with Gasteiger partial charge in [0.15, 0.2) is 0 Å². The summed E-state index contributed by atoms with van der Waals surface area (Å²) in [7, 11) is 0. The van der Waals surface area contributed by atoms with E-state index in [0.29, 0.717) is 18.3 Å². The molecule has 2 rings (SSSR count). The first-order valence-corrected chi connectivity index (χ1v) is 5.69. The van der Waals surface area contributed by atoms with Gasteiger partial charge in [0, 0.05) is 18.7 Å². The highest BCUT2D eigenvalue weighted by atomic mass is 16.6. The molecule has 6 heteroatoms. The Balaban J connectivity index is 2.12. The Hall–Kier alpha value is -1.69. The molecule has 0 aliphatic heterocycles. The fourth-order valence-electron chi connectivity index (χ4n) is 1.85. The zero-order chi connectivity index (χ0) is 12.4. The van der Waals surface area contributed by atoms with Gasteiger partial charge in [-0.3, -0.25) is 10.1 Å². The van der Waals surface area contributed by atoms with Crippen molar-refractivity contribution in [2.24, 2.45) is 11.7 Å².